The minimum Gasteiger partial charge on any atom is -0.352 e. The molecule has 0 saturated heterocycles. The van der Waals surface area contributed by atoms with Crippen LogP contribution in [0.1, 0.15) is 29.0 Å². The molecule has 1 heterocycles. The van der Waals surface area contributed by atoms with Gasteiger partial charge in [-0.2, -0.15) is 0 Å². The Hall–Kier alpha value is -4.26. The van der Waals surface area contributed by atoms with E-state index in [1.165, 1.54) is 16.8 Å². The maximum absolute atomic E-state index is 13.1. The number of fused-ring (bicyclic) bond motifs is 1. The highest BCUT2D eigenvalue weighted by Gasteiger charge is 2.14. The van der Waals surface area contributed by atoms with Crippen molar-refractivity contribution in [1.82, 2.24) is 15.0 Å². The van der Waals surface area contributed by atoms with E-state index in [1.807, 2.05) is 30.3 Å². The van der Waals surface area contributed by atoms with Gasteiger partial charge in [-0.1, -0.05) is 35.9 Å². The van der Waals surface area contributed by atoms with Crippen LogP contribution in [-0.2, 0) is 6.42 Å². The van der Waals surface area contributed by atoms with Crippen LogP contribution in [0.2, 0.25) is 5.02 Å². The van der Waals surface area contributed by atoms with E-state index in [0.717, 1.165) is 11.8 Å². The number of benzene rings is 3. The number of amides is 1. The number of carbonyl (C=O) groups excluding carboxylic acids is 1. The maximum Gasteiger partial charge on any atom is 0.280 e. The molecule has 4 aromatic rings. The average Bonchev–Trinajstić information content (AvgIpc) is 2.91. The number of rotatable bonds is 8. The maximum atomic E-state index is 13.1. The predicted octanol–water partition coefficient (Wildman–Crippen LogP) is 4.53. The summed E-state index contributed by atoms with van der Waals surface area (Å²) in [7, 11) is 0. The molecule has 0 bridgehead atoms. The smallest absolute Gasteiger partial charge is 0.280 e. The molecule has 0 saturated carbocycles. The van der Waals surface area contributed by atoms with Gasteiger partial charge in [-0.3, -0.25) is 15.0 Å². The van der Waals surface area contributed by atoms with Crippen molar-refractivity contribution < 1.29 is 13.6 Å². The Bertz CT molecular complexity index is 1500. The van der Waals surface area contributed by atoms with Gasteiger partial charge in [-0.15, -0.1) is 12.3 Å². The molecular formula is C28H26ClF2N5O2. The molecule has 1 aromatic heterocycles. The van der Waals surface area contributed by atoms with E-state index in [9.17, 15) is 18.4 Å². The number of nitrogens with zero attached hydrogens (tertiary/aromatic N) is 2. The van der Waals surface area contributed by atoms with Crippen molar-refractivity contribution in [2.24, 2.45) is 5.73 Å². The van der Waals surface area contributed by atoms with Crippen molar-refractivity contribution in [3.8, 4) is 12.3 Å². The second-order valence-corrected chi connectivity index (χ2v) is 8.45. The zero-order chi connectivity index (χ0) is 27.5. The van der Waals surface area contributed by atoms with Crippen molar-refractivity contribution in [2.75, 3.05) is 18.5 Å². The molecule has 7 nitrogen and oxygen atoms in total. The monoisotopic (exact) mass is 537 g/mol. The number of hydrogen-bond acceptors (Lipinski definition) is 5. The molecule has 196 valence electrons. The van der Waals surface area contributed by atoms with Crippen molar-refractivity contribution in [2.45, 2.75) is 19.3 Å². The molecule has 10 heteroatoms. The summed E-state index contributed by atoms with van der Waals surface area (Å²) in [6, 6.07) is 18.0. The normalized spacial score (nSPS) is 10.3. The topological polar surface area (TPSA) is 102 Å². The molecule has 38 heavy (non-hydrogen) atoms. The number of anilines is 1. The summed E-state index contributed by atoms with van der Waals surface area (Å²) in [6.45, 7) is 0.789. The Labute approximate surface area is 223 Å². The van der Waals surface area contributed by atoms with Gasteiger partial charge in [0.2, 0.25) is 0 Å². The number of halogens is 3. The van der Waals surface area contributed by atoms with Crippen LogP contribution in [0, 0.1) is 24.0 Å². The summed E-state index contributed by atoms with van der Waals surface area (Å²) >= 11 is 6.00. The predicted molar refractivity (Wildman–Crippen MR) is 146 cm³/mol. The molecule has 4 N–H and O–H groups in total. The number of nitrogens with one attached hydrogen (secondary N) is 2. The van der Waals surface area contributed by atoms with E-state index in [-0.39, 0.29) is 11.1 Å². The number of hydrogen-bond donors (Lipinski definition) is 3. The summed E-state index contributed by atoms with van der Waals surface area (Å²) in [5.74, 6) is 0.379. The fraction of sp³-hybridized carbons (Fsp3) is 0.179. The summed E-state index contributed by atoms with van der Waals surface area (Å²) in [4.78, 5) is 28.7. The fourth-order valence-electron chi connectivity index (χ4n) is 3.39. The third-order valence-corrected chi connectivity index (χ3v) is 5.51. The standard InChI is InChI=1S/C18H14ClN3O.C10H12F2N2O/c1-2-3-9-17-20-16-12-13(19)10-11-15(16)18(23)22(17)21-14-7-5-4-6-8-14;11-8-4-1-3-7(9(8)12)10(15)14-6-2-5-13/h1,4-8,10-12,21H,3,9H2;1,3-4H,2,5-6,13H2,(H,14,15). The zero-order valence-corrected chi connectivity index (χ0v) is 21.1. The number of carbonyl (C=O) groups is 1. The first-order valence-corrected chi connectivity index (χ1v) is 12.1. The first kappa shape index (κ1) is 28.3. The van der Waals surface area contributed by atoms with Crippen molar-refractivity contribution in [3.05, 3.63) is 105 Å². The second kappa shape index (κ2) is 13.9. The van der Waals surface area contributed by atoms with Gasteiger partial charge in [-0.05, 0) is 55.4 Å². The lowest BCUT2D eigenvalue weighted by atomic mass is 10.2. The van der Waals surface area contributed by atoms with Crippen LogP contribution in [0.5, 0.6) is 0 Å². The molecule has 0 aliphatic heterocycles. The molecule has 0 unspecified atom stereocenters. The van der Waals surface area contributed by atoms with E-state index < -0.39 is 17.5 Å². The van der Waals surface area contributed by atoms with Crippen LogP contribution in [0.3, 0.4) is 0 Å². The van der Waals surface area contributed by atoms with E-state index in [0.29, 0.717) is 54.1 Å². The van der Waals surface area contributed by atoms with Crippen LogP contribution >= 0.6 is 11.6 Å². The van der Waals surface area contributed by atoms with E-state index >= 15 is 0 Å². The van der Waals surface area contributed by atoms with Gasteiger partial charge in [0.05, 0.1) is 22.2 Å². The van der Waals surface area contributed by atoms with Crippen LogP contribution in [0.25, 0.3) is 10.9 Å². The van der Waals surface area contributed by atoms with Gasteiger partial charge in [-0.25, -0.2) is 18.4 Å². The number of para-hydroxylation sites is 1. The SMILES string of the molecule is C#CCCc1nc2cc(Cl)ccc2c(=O)n1Nc1ccccc1.NCCCNC(=O)c1cccc(F)c1F. The van der Waals surface area contributed by atoms with Crippen LogP contribution in [-0.4, -0.2) is 28.7 Å². The second-order valence-electron chi connectivity index (χ2n) is 8.01. The number of aryl methyl sites for hydroxylation is 1. The molecule has 0 fully saturated rings. The zero-order valence-electron chi connectivity index (χ0n) is 20.4. The van der Waals surface area contributed by atoms with Gasteiger partial charge in [0, 0.05) is 24.4 Å². The number of nitrogens with two attached hydrogens (primary N) is 1. The third kappa shape index (κ3) is 7.38. The Morgan fingerprint density at radius 3 is 2.58 bits per heavy atom. The fourth-order valence-corrected chi connectivity index (χ4v) is 3.56. The highest BCUT2D eigenvalue weighted by molar-refractivity contribution is 6.31. The molecule has 0 aliphatic rings. The molecule has 3 aromatic carbocycles. The Morgan fingerprint density at radius 2 is 1.87 bits per heavy atom. The third-order valence-electron chi connectivity index (χ3n) is 5.27. The number of terminal acetylenes is 1. The molecular weight excluding hydrogens is 512 g/mol. The van der Waals surface area contributed by atoms with Crippen molar-refractivity contribution in [3.63, 3.8) is 0 Å². The highest BCUT2D eigenvalue weighted by atomic mass is 35.5. The van der Waals surface area contributed by atoms with Gasteiger partial charge in [0.25, 0.3) is 11.5 Å². The van der Waals surface area contributed by atoms with E-state index in [2.05, 4.69) is 21.6 Å². The summed E-state index contributed by atoms with van der Waals surface area (Å²) in [5, 5.41) is 3.49. The highest BCUT2D eigenvalue weighted by Crippen LogP contribution is 2.16. The molecule has 0 atom stereocenters. The van der Waals surface area contributed by atoms with Crippen LogP contribution in [0.15, 0.2) is 71.5 Å². The van der Waals surface area contributed by atoms with Gasteiger partial charge in [0.15, 0.2) is 11.6 Å². The first-order valence-electron chi connectivity index (χ1n) is 11.7. The molecule has 0 aliphatic carbocycles. The molecule has 0 spiro atoms. The van der Waals surface area contributed by atoms with E-state index in [4.69, 9.17) is 23.8 Å². The summed E-state index contributed by atoms with van der Waals surface area (Å²) in [5.41, 5.74) is 9.22. The van der Waals surface area contributed by atoms with Crippen molar-refractivity contribution >= 4 is 34.1 Å². The largest absolute Gasteiger partial charge is 0.352 e. The minimum atomic E-state index is -1.12. The molecule has 0 radical (unpaired) electrons. The Kier molecular flexibility index (Phi) is 10.3. The first-order chi connectivity index (χ1) is 18.3. The Morgan fingerprint density at radius 1 is 1.11 bits per heavy atom. The van der Waals surface area contributed by atoms with Crippen LogP contribution in [0.4, 0.5) is 14.5 Å². The van der Waals surface area contributed by atoms with Crippen molar-refractivity contribution in [1.29, 1.82) is 0 Å². The van der Waals surface area contributed by atoms with E-state index in [1.54, 1.807) is 18.2 Å². The Balaban J connectivity index is 0.000000232. The van der Waals surface area contributed by atoms with Crippen LogP contribution < -0.4 is 22.0 Å². The molecule has 4 rings (SSSR count). The lowest BCUT2D eigenvalue weighted by Gasteiger charge is -2.15. The summed E-state index contributed by atoms with van der Waals surface area (Å²) < 4.78 is 27.3. The number of aromatic nitrogens is 2. The quantitative estimate of drug-likeness (QED) is 0.226. The van der Waals surface area contributed by atoms with Gasteiger partial charge >= 0.3 is 0 Å². The minimum absolute atomic E-state index is 0.178. The molecule has 1 amide bonds. The lowest BCUT2D eigenvalue weighted by molar-refractivity contribution is 0.0948. The average molecular weight is 538 g/mol. The lowest BCUT2D eigenvalue weighted by Crippen LogP contribution is -2.30. The van der Waals surface area contributed by atoms with Gasteiger partial charge in [0.1, 0.15) is 5.82 Å². The van der Waals surface area contributed by atoms with Gasteiger partial charge < -0.3 is 11.1 Å². The summed E-state index contributed by atoms with van der Waals surface area (Å²) in [6.07, 6.45) is 6.94.